The fourth-order valence-corrected chi connectivity index (χ4v) is 4.36. The van der Waals surface area contributed by atoms with Crippen LogP contribution in [0.2, 0.25) is 0 Å². The van der Waals surface area contributed by atoms with Crippen LogP contribution >= 0.6 is 0 Å². The van der Waals surface area contributed by atoms with Crippen LogP contribution in [0.25, 0.3) is 0 Å². The molecule has 3 rings (SSSR count). The second kappa shape index (κ2) is 7.38. The second-order valence-corrected chi connectivity index (χ2v) is 8.23. The highest BCUT2D eigenvalue weighted by Gasteiger charge is 2.29. The quantitative estimate of drug-likeness (QED) is 0.635. The third-order valence-electron chi connectivity index (χ3n) is 4.42. The summed E-state index contributed by atoms with van der Waals surface area (Å²) in [6, 6.07) is 9.89. The van der Waals surface area contributed by atoms with Crippen molar-refractivity contribution >= 4 is 21.5 Å². The first-order valence-electron chi connectivity index (χ1n) is 8.30. The van der Waals surface area contributed by atoms with Gasteiger partial charge in [-0.1, -0.05) is 17.7 Å². The van der Waals surface area contributed by atoms with E-state index in [-0.39, 0.29) is 11.7 Å². The van der Waals surface area contributed by atoms with Gasteiger partial charge in [-0.25, -0.2) is 13.4 Å². The standard InChI is InChI=1S/C17H20N4O4S/c1-13-2-5-16(6-3-13)26(24,25)20-10-8-14(9-11-20)19-17-7-4-15(12-18-17)21(22)23/h2-7,12,14H,8-11H2,1H3,(H,18,19). The fourth-order valence-electron chi connectivity index (χ4n) is 2.89. The molecule has 1 aliphatic heterocycles. The monoisotopic (exact) mass is 376 g/mol. The van der Waals surface area contributed by atoms with E-state index in [1.807, 2.05) is 6.92 Å². The third kappa shape index (κ3) is 4.00. The Morgan fingerprint density at radius 1 is 1.15 bits per heavy atom. The molecule has 1 N–H and O–H groups in total. The molecule has 138 valence electrons. The molecule has 2 heterocycles. The van der Waals surface area contributed by atoms with Gasteiger partial charge in [0.15, 0.2) is 0 Å². The highest BCUT2D eigenvalue weighted by Crippen LogP contribution is 2.23. The Bertz CT molecular complexity index is 874. The molecule has 9 heteroatoms. The van der Waals surface area contributed by atoms with Crippen molar-refractivity contribution < 1.29 is 13.3 Å². The van der Waals surface area contributed by atoms with E-state index < -0.39 is 14.9 Å². The maximum atomic E-state index is 12.7. The summed E-state index contributed by atoms with van der Waals surface area (Å²) in [4.78, 5) is 14.5. The predicted molar refractivity (Wildman–Crippen MR) is 97.5 cm³/mol. The Kier molecular flexibility index (Phi) is 5.19. The number of piperidine rings is 1. The molecule has 26 heavy (non-hydrogen) atoms. The van der Waals surface area contributed by atoms with Crippen LogP contribution in [-0.4, -0.2) is 41.8 Å². The molecule has 0 bridgehead atoms. The normalized spacial score (nSPS) is 16.3. The van der Waals surface area contributed by atoms with Crippen molar-refractivity contribution in [1.29, 1.82) is 0 Å². The number of nitrogens with zero attached hydrogens (tertiary/aromatic N) is 3. The average molecular weight is 376 g/mol. The lowest BCUT2D eigenvalue weighted by Gasteiger charge is -2.31. The molecule has 0 saturated carbocycles. The highest BCUT2D eigenvalue weighted by atomic mass is 32.2. The van der Waals surface area contributed by atoms with Crippen molar-refractivity contribution in [2.24, 2.45) is 0 Å². The zero-order chi connectivity index (χ0) is 18.7. The van der Waals surface area contributed by atoms with Gasteiger partial charge >= 0.3 is 0 Å². The average Bonchev–Trinajstić information content (AvgIpc) is 2.63. The van der Waals surface area contributed by atoms with Gasteiger partial charge in [0.2, 0.25) is 10.0 Å². The zero-order valence-corrected chi connectivity index (χ0v) is 15.1. The number of benzene rings is 1. The van der Waals surface area contributed by atoms with Crippen LogP contribution in [0.15, 0.2) is 47.5 Å². The second-order valence-electron chi connectivity index (χ2n) is 6.29. The number of pyridine rings is 1. The van der Waals surface area contributed by atoms with Crippen LogP contribution in [0, 0.1) is 17.0 Å². The Balaban J connectivity index is 1.60. The molecule has 8 nitrogen and oxygen atoms in total. The van der Waals surface area contributed by atoms with Crippen molar-refractivity contribution in [1.82, 2.24) is 9.29 Å². The molecule has 1 saturated heterocycles. The minimum atomic E-state index is -3.48. The molecule has 1 aromatic heterocycles. The largest absolute Gasteiger partial charge is 0.367 e. The smallest absolute Gasteiger partial charge is 0.287 e. The minimum Gasteiger partial charge on any atom is -0.367 e. The number of nitro groups is 1. The molecule has 0 aliphatic carbocycles. The maximum Gasteiger partial charge on any atom is 0.287 e. The number of aryl methyl sites for hydroxylation is 1. The number of hydrogen-bond acceptors (Lipinski definition) is 6. The van der Waals surface area contributed by atoms with Crippen molar-refractivity contribution in [2.45, 2.75) is 30.7 Å². The van der Waals surface area contributed by atoms with Crippen molar-refractivity contribution in [3.63, 3.8) is 0 Å². The van der Waals surface area contributed by atoms with Gasteiger partial charge < -0.3 is 5.32 Å². The molecule has 0 atom stereocenters. The predicted octanol–water partition coefficient (Wildman–Crippen LogP) is 2.56. The van der Waals surface area contributed by atoms with E-state index >= 15 is 0 Å². The molecule has 0 unspecified atom stereocenters. The third-order valence-corrected chi connectivity index (χ3v) is 6.34. The summed E-state index contributed by atoms with van der Waals surface area (Å²) in [6.07, 6.45) is 2.49. The number of aromatic nitrogens is 1. The number of hydrogen-bond donors (Lipinski definition) is 1. The summed E-state index contributed by atoms with van der Waals surface area (Å²) >= 11 is 0. The minimum absolute atomic E-state index is 0.0606. The lowest BCUT2D eigenvalue weighted by molar-refractivity contribution is -0.385. The summed E-state index contributed by atoms with van der Waals surface area (Å²) in [6.45, 7) is 2.75. The van der Waals surface area contributed by atoms with E-state index in [1.165, 1.54) is 16.6 Å². The van der Waals surface area contributed by atoms with Gasteiger partial charge in [0, 0.05) is 25.2 Å². The number of nitrogens with one attached hydrogen (secondary N) is 1. The van der Waals surface area contributed by atoms with Gasteiger partial charge in [-0.15, -0.1) is 0 Å². The molecule has 1 aromatic carbocycles. The molecule has 0 radical (unpaired) electrons. The first kappa shape index (κ1) is 18.3. The van der Waals surface area contributed by atoms with E-state index in [1.54, 1.807) is 30.3 Å². The van der Waals surface area contributed by atoms with Gasteiger partial charge in [0.05, 0.1) is 9.82 Å². The van der Waals surface area contributed by atoms with Crippen molar-refractivity contribution in [2.75, 3.05) is 18.4 Å². The van der Waals surface area contributed by atoms with Crippen LogP contribution in [-0.2, 0) is 10.0 Å². The fraction of sp³-hybridized carbons (Fsp3) is 0.353. The van der Waals surface area contributed by atoms with Crippen LogP contribution < -0.4 is 5.32 Å². The van der Waals surface area contributed by atoms with Crippen LogP contribution in [0.4, 0.5) is 11.5 Å². The van der Waals surface area contributed by atoms with Crippen molar-refractivity contribution in [3.05, 3.63) is 58.3 Å². The molecule has 0 spiro atoms. The molecule has 0 amide bonds. The van der Waals surface area contributed by atoms with Crippen LogP contribution in [0.5, 0.6) is 0 Å². The van der Waals surface area contributed by atoms with Gasteiger partial charge in [-0.05, 0) is 38.0 Å². The topological polar surface area (TPSA) is 105 Å². The number of rotatable bonds is 5. The summed E-state index contributed by atoms with van der Waals surface area (Å²) in [5, 5.41) is 13.9. The Hall–Kier alpha value is -2.52. The van der Waals surface area contributed by atoms with Crippen LogP contribution in [0.1, 0.15) is 18.4 Å². The Morgan fingerprint density at radius 3 is 2.35 bits per heavy atom. The maximum absolute atomic E-state index is 12.7. The first-order valence-corrected chi connectivity index (χ1v) is 9.74. The Morgan fingerprint density at radius 2 is 1.81 bits per heavy atom. The molecule has 1 fully saturated rings. The lowest BCUT2D eigenvalue weighted by Crippen LogP contribution is -2.42. The highest BCUT2D eigenvalue weighted by molar-refractivity contribution is 7.89. The van der Waals surface area contributed by atoms with Gasteiger partial charge in [-0.2, -0.15) is 4.31 Å². The summed E-state index contributed by atoms with van der Waals surface area (Å²) in [7, 11) is -3.48. The summed E-state index contributed by atoms with van der Waals surface area (Å²) < 4.78 is 26.9. The van der Waals surface area contributed by atoms with Crippen LogP contribution in [0.3, 0.4) is 0 Å². The van der Waals surface area contributed by atoms with Crippen molar-refractivity contribution in [3.8, 4) is 0 Å². The summed E-state index contributed by atoms with van der Waals surface area (Å²) in [5.41, 5.74) is 0.956. The molecular weight excluding hydrogens is 356 g/mol. The van der Waals surface area contributed by atoms with E-state index in [9.17, 15) is 18.5 Å². The molecule has 1 aliphatic rings. The Labute approximate surface area is 152 Å². The molecular formula is C17H20N4O4S. The van der Waals surface area contributed by atoms with E-state index in [4.69, 9.17) is 0 Å². The first-order chi connectivity index (χ1) is 12.4. The van der Waals surface area contributed by atoms with Gasteiger partial charge in [0.25, 0.3) is 5.69 Å². The van der Waals surface area contributed by atoms with E-state index in [2.05, 4.69) is 10.3 Å². The number of anilines is 1. The summed E-state index contributed by atoms with van der Waals surface area (Å²) in [5.74, 6) is 0.551. The van der Waals surface area contributed by atoms with E-state index in [0.29, 0.717) is 36.6 Å². The van der Waals surface area contributed by atoms with E-state index in [0.717, 1.165) is 5.56 Å². The lowest BCUT2D eigenvalue weighted by atomic mass is 10.1. The van der Waals surface area contributed by atoms with Gasteiger partial charge in [0.1, 0.15) is 12.0 Å². The zero-order valence-electron chi connectivity index (χ0n) is 14.3. The van der Waals surface area contributed by atoms with Gasteiger partial charge in [-0.3, -0.25) is 10.1 Å². The SMILES string of the molecule is Cc1ccc(S(=O)(=O)N2CCC(Nc3ccc([N+](=O)[O-])cn3)CC2)cc1. The number of sulfonamides is 1. The molecule has 2 aromatic rings.